The SMILES string of the molecule is CNC1(C(=O)O)CCCC(N2CCC(COC)C2)C1. The number of hydrogen-bond donors (Lipinski definition) is 2. The Hall–Kier alpha value is -0.650. The van der Waals surface area contributed by atoms with Crippen LogP contribution in [0.1, 0.15) is 32.1 Å². The Bertz CT molecular complexity index is 324. The molecule has 110 valence electrons. The normalized spacial score (nSPS) is 36.5. The quantitative estimate of drug-likeness (QED) is 0.778. The Morgan fingerprint density at radius 1 is 1.53 bits per heavy atom. The second kappa shape index (κ2) is 6.20. The first-order chi connectivity index (χ1) is 9.11. The highest BCUT2D eigenvalue weighted by Crippen LogP contribution is 2.33. The van der Waals surface area contributed by atoms with Gasteiger partial charge >= 0.3 is 5.97 Å². The van der Waals surface area contributed by atoms with Crippen molar-refractivity contribution < 1.29 is 14.6 Å². The van der Waals surface area contributed by atoms with Gasteiger partial charge in [0.25, 0.3) is 0 Å². The van der Waals surface area contributed by atoms with Gasteiger partial charge in [0.2, 0.25) is 0 Å². The van der Waals surface area contributed by atoms with Crippen LogP contribution in [0.3, 0.4) is 0 Å². The third-order valence-electron chi connectivity index (χ3n) is 4.85. The van der Waals surface area contributed by atoms with E-state index in [9.17, 15) is 9.90 Å². The summed E-state index contributed by atoms with van der Waals surface area (Å²) >= 11 is 0. The number of hydrogen-bond acceptors (Lipinski definition) is 4. The summed E-state index contributed by atoms with van der Waals surface area (Å²) in [7, 11) is 3.52. The van der Waals surface area contributed by atoms with Crippen LogP contribution < -0.4 is 5.32 Å². The van der Waals surface area contributed by atoms with Crippen molar-refractivity contribution in [3.05, 3.63) is 0 Å². The van der Waals surface area contributed by atoms with Gasteiger partial charge in [0.05, 0.1) is 6.61 Å². The molecule has 1 saturated heterocycles. The average molecular weight is 270 g/mol. The average Bonchev–Trinajstić information content (AvgIpc) is 2.87. The third kappa shape index (κ3) is 3.09. The van der Waals surface area contributed by atoms with E-state index in [1.54, 1.807) is 14.2 Å². The molecule has 2 fully saturated rings. The van der Waals surface area contributed by atoms with E-state index in [0.29, 0.717) is 12.0 Å². The number of nitrogens with one attached hydrogen (secondary N) is 1. The molecular formula is C14H26N2O3. The number of carboxylic acids is 1. The van der Waals surface area contributed by atoms with Crippen molar-refractivity contribution >= 4 is 5.97 Å². The van der Waals surface area contributed by atoms with Crippen molar-refractivity contribution in [1.82, 2.24) is 10.2 Å². The van der Waals surface area contributed by atoms with E-state index in [-0.39, 0.29) is 0 Å². The lowest BCUT2D eigenvalue weighted by Gasteiger charge is -2.41. The Balaban J connectivity index is 1.96. The largest absolute Gasteiger partial charge is 0.480 e. The molecule has 2 aliphatic rings. The number of ether oxygens (including phenoxy) is 1. The summed E-state index contributed by atoms with van der Waals surface area (Å²) in [6.45, 7) is 2.95. The zero-order valence-corrected chi connectivity index (χ0v) is 12.0. The van der Waals surface area contributed by atoms with Gasteiger partial charge in [-0.15, -0.1) is 0 Å². The van der Waals surface area contributed by atoms with Gasteiger partial charge in [0, 0.05) is 19.7 Å². The summed E-state index contributed by atoms with van der Waals surface area (Å²) in [5.41, 5.74) is -0.720. The van der Waals surface area contributed by atoms with Crippen LogP contribution in [0.2, 0.25) is 0 Å². The maximum absolute atomic E-state index is 11.5. The minimum absolute atomic E-state index is 0.402. The highest BCUT2D eigenvalue weighted by atomic mass is 16.5. The van der Waals surface area contributed by atoms with Crippen LogP contribution in [0.5, 0.6) is 0 Å². The zero-order chi connectivity index (χ0) is 13.9. The summed E-state index contributed by atoms with van der Waals surface area (Å²) < 4.78 is 5.23. The molecular weight excluding hydrogens is 244 g/mol. The van der Waals surface area contributed by atoms with E-state index in [1.807, 2.05) is 0 Å². The Labute approximate surface area is 115 Å². The first-order valence-electron chi connectivity index (χ1n) is 7.26. The number of likely N-dealkylation sites (tertiary alicyclic amines) is 1. The van der Waals surface area contributed by atoms with Gasteiger partial charge in [-0.2, -0.15) is 0 Å². The Morgan fingerprint density at radius 2 is 2.32 bits per heavy atom. The highest BCUT2D eigenvalue weighted by Gasteiger charge is 2.44. The van der Waals surface area contributed by atoms with E-state index >= 15 is 0 Å². The second-order valence-corrected chi connectivity index (χ2v) is 5.99. The van der Waals surface area contributed by atoms with Gasteiger partial charge in [0.1, 0.15) is 5.54 Å². The van der Waals surface area contributed by atoms with E-state index < -0.39 is 11.5 Å². The molecule has 0 radical (unpaired) electrons. The smallest absolute Gasteiger partial charge is 0.323 e. The molecule has 3 unspecified atom stereocenters. The predicted octanol–water partition coefficient (Wildman–Crippen LogP) is 0.940. The molecule has 2 rings (SSSR count). The molecule has 5 nitrogen and oxygen atoms in total. The van der Waals surface area contributed by atoms with E-state index in [1.165, 1.54) is 6.42 Å². The van der Waals surface area contributed by atoms with Crippen molar-refractivity contribution in [3.63, 3.8) is 0 Å². The Kier molecular flexibility index (Phi) is 4.81. The molecule has 19 heavy (non-hydrogen) atoms. The van der Waals surface area contributed by atoms with Crippen molar-refractivity contribution in [2.75, 3.05) is 33.9 Å². The zero-order valence-electron chi connectivity index (χ0n) is 12.0. The fourth-order valence-corrected chi connectivity index (χ4v) is 3.65. The Morgan fingerprint density at radius 3 is 2.95 bits per heavy atom. The van der Waals surface area contributed by atoms with Crippen molar-refractivity contribution in [1.29, 1.82) is 0 Å². The predicted molar refractivity (Wildman–Crippen MR) is 73.2 cm³/mol. The van der Waals surface area contributed by atoms with Crippen LogP contribution in [0.15, 0.2) is 0 Å². The fraction of sp³-hybridized carbons (Fsp3) is 0.929. The van der Waals surface area contributed by atoms with Crippen LogP contribution >= 0.6 is 0 Å². The first kappa shape index (κ1) is 14.8. The van der Waals surface area contributed by atoms with Crippen LogP contribution in [-0.4, -0.2) is 61.4 Å². The van der Waals surface area contributed by atoms with Crippen molar-refractivity contribution in [2.24, 2.45) is 5.92 Å². The van der Waals surface area contributed by atoms with Crippen LogP contribution in [-0.2, 0) is 9.53 Å². The fourth-order valence-electron chi connectivity index (χ4n) is 3.65. The molecule has 0 spiro atoms. The summed E-state index contributed by atoms with van der Waals surface area (Å²) in [5.74, 6) is -0.0897. The molecule has 0 aromatic heterocycles. The monoisotopic (exact) mass is 270 g/mol. The number of likely N-dealkylation sites (N-methyl/N-ethyl adjacent to an activating group) is 1. The molecule has 1 saturated carbocycles. The molecule has 0 aromatic carbocycles. The van der Waals surface area contributed by atoms with E-state index in [4.69, 9.17) is 4.74 Å². The lowest BCUT2D eigenvalue weighted by atomic mass is 9.78. The summed E-state index contributed by atoms with van der Waals surface area (Å²) in [6, 6.07) is 0.402. The summed E-state index contributed by atoms with van der Waals surface area (Å²) in [5, 5.41) is 12.5. The minimum atomic E-state index is -0.720. The lowest BCUT2D eigenvalue weighted by Crippen LogP contribution is -2.57. The summed E-state index contributed by atoms with van der Waals surface area (Å²) in [6.07, 6.45) is 4.74. The number of methoxy groups -OCH3 is 1. The molecule has 0 bridgehead atoms. The number of aliphatic carboxylic acids is 1. The van der Waals surface area contributed by atoms with Crippen LogP contribution in [0, 0.1) is 5.92 Å². The summed E-state index contributed by atoms with van der Waals surface area (Å²) in [4.78, 5) is 14.0. The second-order valence-electron chi connectivity index (χ2n) is 5.99. The standard InChI is InChI=1S/C14H26N2O3/c1-15-14(13(17)18)6-3-4-12(8-14)16-7-5-11(9-16)10-19-2/h11-12,15H,3-10H2,1-2H3,(H,17,18). The molecule has 3 atom stereocenters. The number of nitrogens with zero attached hydrogens (tertiary/aromatic N) is 1. The van der Waals surface area contributed by atoms with Gasteiger partial charge < -0.3 is 15.2 Å². The molecule has 2 N–H and O–H groups in total. The number of carbonyl (C=O) groups is 1. The van der Waals surface area contributed by atoms with Gasteiger partial charge in [-0.05, 0) is 51.6 Å². The molecule has 1 aliphatic heterocycles. The molecule has 1 heterocycles. The first-order valence-corrected chi connectivity index (χ1v) is 7.26. The maximum atomic E-state index is 11.5. The molecule has 1 aliphatic carbocycles. The molecule has 0 amide bonds. The van der Waals surface area contributed by atoms with E-state index in [0.717, 1.165) is 45.4 Å². The van der Waals surface area contributed by atoms with Crippen molar-refractivity contribution in [2.45, 2.75) is 43.7 Å². The number of rotatable bonds is 5. The molecule has 5 heteroatoms. The van der Waals surface area contributed by atoms with Gasteiger partial charge in [-0.25, -0.2) is 0 Å². The maximum Gasteiger partial charge on any atom is 0.323 e. The van der Waals surface area contributed by atoms with Crippen molar-refractivity contribution in [3.8, 4) is 0 Å². The third-order valence-corrected chi connectivity index (χ3v) is 4.85. The highest BCUT2D eigenvalue weighted by molar-refractivity contribution is 5.79. The van der Waals surface area contributed by atoms with Gasteiger partial charge in [0.15, 0.2) is 0 Å². The minimum Gasteiger partial charge on any atom is -0.480 e. The van der Waals surface area contributed by atoms with Crippen LogP contribution in [0.25, 0.3) is 0 Å². The van der Waals surface area contributed by atoms with Gasteiger partial charge in [-0.3, -0.25) is 9.69 Å². The molecule has 0 aromatic rings. The number of carboxylic acid groups (broad SMARTS) is 1. The van der Waals surface area contributed by atoms with Gasteiger partial charge in [-0.1, -0.05) is 0 Å². The topological polar surface area (TPSA) is 61.8 Å². The van der Waals surface area contributed by atoms with E-state index in [2.05, 4.69) is 10.2 Å². The lowest BCUT2D eigenvalue weighted by molar-refractivity contribution is -0.147. The van der Waals surface area contributed by atoms with Crippen LogP contribution in [0.4, 0.5) is 0 Å².